The number of rotatable bonds is 7. The van der Waals surface area contributed by atoms with Crippen molar-refractivity contribution in [2.75, 3.05) is 11.8 Å². The van der Waals surface area contributed by atoms with Crippen molar-refractivity contribution in [2.45, 2.75) is 25.7 Å². The molecule has 0 aromatic heterocycles. The predicted molar refractivity (Wildman–Crippen MR) is 69.3 cm³/mol. The van der Waals surface area contributed by atoms with Gasteiger partial charge in [-0.05, 0) is 42.9 Å². The molecule has 1 nitrogen and oxygen atoms in total. The second kappa shape index (κ2) is 7.70. The van der Waals surface area contributed by atoms with E-state index in [4.69, 9.17) is 23.2 Å². The third-order valence-electron chi connectivity index (χ3n) is 2.46. The summed E-state index contributed by atoms with van der Waals surface area (Å²) in [6.07, 6.45) is 5.56. The fourth-order valence-electron chi connectivity index (χ4n) is 1.62. The first-order chi connectivity index (χ1) is 7.81. The van der Waals surface area contributed by atoms with Gasteiger partial charge in [0.25, 0.3) is 0 Å². The summed E-state index contributed by atoms with van der Waals surface area (Å²) in [5.74, 6) is 1.26. The number of aryl methyl sites for hydroxylation is 2. The van der Waals surface area contributed by atoms with E-state index in [0.29, 0.717) is 17.3 Å². The summed E-state index contributed by atoms with van der Waals surface area (Å²) in [6.45, 7) is 0. The van der Waals surface area contributed by atoms with Crippen LogP contribution in [0.25, 0.3) is 0 Å². The average molecular weight is 258 g/mol. The summed E-state index contributed by atoms with van der Waals surface area (Å²) >= 11 is 11.3. The minimum absolute atomic E-state index is 0.617. The molecule has 0 aliphatic carbocycles. The smallest absolute Gasteiger partial charge is 0.233 e. The van der Waals surface area contributed by atoms with Crippen molar-refractivity contribution in [3.05, 3.63) is 34.9 Å². The van der Waals surface area contributed by atoms with Crippen LogP contribution in [0.1, 0.15) is 29.5 Å². The van der Waals surface area contributed by atoms with Crippen LogP contribution in [-0.4, -0.2) is 18.0 Å². The lowest BCUT2D eigenvalue weighted by Gasteiger charge is -2.06. The maximum Gasteiger partial charge on any atom is 0.233 e. The molecule has 1 aromatic carbocycles. The lowest BCUT2D eigenvalue weighted by molar-refractivity contribution is 0.562. The van der Waals surface area contributed by atoms with E-state index in [-0.39, 0.29) is 0 Å². The Labute approximate surface area is 107 Å². The zero-order valence-corrected chi connectivity index (χ0v) is 10.7. The van der Waals surface area contributed by atoms with Gasteiger partial charge in [0, 0.05) is 17.3 Å². The highest BCUT2D eigenvalue weighted by molar-refractivity contribution is 6.18. The van der Waals surface area contributed by atoms with E-state index in [1.54, 1.807) is 0 Å². The van der Waals surface area contributed by atoms with Crippen molar-refractivity contribution in [3.8, 4) is 0 Å². The monoisotopic (exact) mass is 257 g/mol. The van der Waals surface area contributed by atoms with Gasteiger partial charge in [-0.3, -0.25) is 4.79 Å². The molecule has 0 heterocycles. The van der Waals surface area contributed by atoms with Crippen molar-refractivity contribution in [1.82, 2.24) is 0 Å². The molecule has 3 heteroatoms. The van der Waals surface area contributed by atoms with Gasteiger partial charge in [0.2, 0.25) is 6.29 Å². The van der Waals surface area contributed by atoms with Crippen LogP contribution in [0.4, 0.5) is 0 Å². The van der Waals surface area contributed by atoms with E-state index >= 15 is 0 Å². The van der Waals surface area contributed by atoms with Gasteiger partial charge >= 0.3 is 0 Å². The predicted octanol–water partition coefficient (Wildman–Crippen LogP) is 3.49. The second-order valence-electron chi connectivity index (χ2n) is 3.68. The van der Waals surface area contributed by atoms with Gasteiger partial charge in [0.15, 0.2) is 0 Å². The highest BCUT2D eigenvalue weighted by Gasteiger charge is 2.04. The molecule has 0 unspecified atom stereocenters. The molecule has 0 aliphatic heterocycles. The molecule has 0 saturated heterocycles. The second-order valence-corrected chi connectivity index (χ2v) is 4.43. The molecular weight excluding hydrogens is 243 g/mol. The Morgan fingerprint density at radius 1 is 1.06 bits per heavy atom. The molecule has 1 radical (unpaired) electrons. The molecule has 0 fully saturated rings. The molecule has 0 saturated carbocycles. The molecule has 0 atom stereocenters. The first kappa shape index (κ1) is 13.5. The molecule has 1 aromatic rings. The van der Waals surface area contributed by atoms with Gasteiger partial charge in [-0.1, -0.05) is 12.1 Å². The lowest BCUT2D eigenvalue weighted by atomic mass is 9.99. The van der Waals surface area contributed by atoms with E-state index in [0.717, 1.165) is 36.8 Å². The molecular formula is C13H15Cl2O. The van der Waals surface area contributed by atoms with E-state index in [1.165, 1.54) is 0 Å². The Morgan fingerprint density at radius 3 is 2.38 bits per heavy atom. The molecule has 16 heavy (non-hydrogen) atoms. The maximum absolute atomic E-state index is 10.8. The normalized spacial score (nSPS) is 10.4. The van der Waals surface area contributed by atoms with Gasteiger partial charge in [0.05, 0.1) is 0 Å². The topological polar surface area (TPSA) is 17.1 Å². The first-order valence-corrected chi connectivity index (χ1v) is 6.50. The molecule has 0 amide bonds. The van der Waals surface area contributed by atoms with Crippen LogP contribution in [0.15, 0.2) is 18.2 Å². The van der Waals surface area contributed by atoms with Crippen LogP contribution in [0, 0.1) is 0 Å². The number of hydrogen-bond acceptors (Lipinski definition) is 1. The molecule has 0 N–H and O–H groups in total. The Balaban J connectivity index is 2.75. The average Bonchev–Trinajstić information content (AvgIpc) is 2.34. The Morgan fingerprint density at radius 2 is 1.75 bits per heavy atom. The molecule has 1 rings (SSSR count). The summed E-state index contributed by atoms with van der Waals surface area (Å²) < 4.78 is 0. The minimum atomic E-state index is 0.617. The van der Waals surface area contributed by atoms with Gasteiger partial charge in [-0.15, -0.1) is 23.2 Å². The Bertz CT molecular complexity index is 337. The van der Waals surface area contributed by atoms with Crippen LogP contribution in [-0.2, 0) is 17.6 Å². The van der Waals surface area contributed by atoms with Crippen LogP contribution in [0.2, 0.25) is 0 Å². The number of benzene rings is 1. The third kappa shape index (κ3) is 4.15. The number of alkyl halides is 2. The van der Waals surface area contributed by atoms with Gasteiger partial charge in [-0.2, -0.15) is 0 Å². The van der Waals surface area contributed by atoms with Gasteiger partial charge < -0.3 is 0 Å². The molecule has 0 spiro atoms. The highest BCUT2D eigenvalue weighted by Crippen LogP contribution is 2.14. The van der Waals surface area contributed by atoms with Crippen LogP contribution in [0.5, 0.6) is 0 Å². The zero-order valence-electron chi connectivity index (χ0n) is 9.14. The standard InChI is InChI=1S/C13H15Cl2O/c14-7-1-3-11-5-6-12(4-2-8-15)13(9-11)10-16/h5-6,9H,1-4,7-8H2. The summed E-state index contributed by atoms with van der Waals surface area (Å²) in [5.41, 5.74) is 2.84. The first-order valence-electron chi connectivity index (χ1n) is 5.43. The summed E-state index contributed by atoms with van der Waals surface area (Å²) in [6, 6.07) is 5.95. The minimum Gasteiger partial charge on any atom is -0.285 e. The highest BCUT2D eigenvalue weighted by atomic mass is 35.5. The van der Waals surface area contributed by atoms with Crippen LogP contribution < -0.4 is 0 Å². The number of hydrogen-bond donors (Lipinski definition) is 0. The molecule has 0 bridgehead atoms. The van der Waals surface area contributed by atoms with E-state index < -0.39 is 0 Å². The fourth-order valence-corrected chi connectivity index (χ4v) is 1.89. The van der Waals surface area contributed by atoms with Crippen molar-refractivity contribution in [2.24, 2.45) is 0 Å². The van der Waals surface area contributed by atoms with E-state index in [1.807, 2.05) is 18.4 Å². The Kier molecular flexibility index (Phi) is 6.51. The van der Waals surface area contributed by atoms with Crippen molar-refractivity contribution in [3.63, 3.8) is 0 Å². The van der Waals surface area contributed by atoms with Crippen molar-refractivity contribution >= 4 is 29.5 Å². The zero-order chi connectivity index (χ0) is 11.8. The van der Waals surface area contributed by atoms with Crippen molar-refractivity contribution in [1.29, 1.82) is 0 Å². The van der Waals surface area contributed by atoms with E-state index in [2.05, 4.69) is 6.07 Å². The molecule has 0 aliphatic rings. The number of halogens is 2. The fraction of sp³-hybridized carbons (Fsp3) is 0.462. The SMILES string of the molecule is O=[C]c1cc(CCCCl)ccc1CCCCl. The lowest BCUT2D eigenvalue weighted by Crippen LogP contribution is -1.97. The largest absolute Gasteiger partial charge is 0.285 e. The summed E-state index contributed by atoms with van der Waals surface area (Å²) in [5, 5.41) is 0. The van der Waals surface area contributed by atoms with Crippen molar-refractivity contribution < 1.29 is 4.79 Å². The maximum atomic E-state index is 10.8. The van der Waals surface area contributed by atoms with E-state index in [9.17, 15) is 4.79 Å². The van der Waals surface area contributed by atoms with Gasteiger partial charge in [0.1, 0.15) is 0 Å². The van der Waals surface area contributed by atoms with Crippen LogP contribution in [0.3, 0.4) is 0 Å². The Hall–Kier alpha value is -0.530. The quantitative estimate of drug-likeness (QED) is 0.684. The molecule has 87 valence electrons. The van der Waals surface area contributed by atoms with Crippen LogP contribution >= 0.6 is 23.2 Å². The number of carbonyl (C=O) groups excluding carboxylic acids is 1. The summed E-state index contributed by atoms with van der Waals surface area (Å²) in [7, 11) is 0. The van der Waals surface area contributed by atoms with Gasteiger partial charge in [-0.25, -0.2) is 0 Å². The summed E-state index contributed by atoms with van der Waals surface area (Å²) in [4.78, 5) is 10.8. The third-order valence-corrected chi connectivity index (χ3v) is 3.00.